The lowest BCUT2D eigenvalue weighted by molar-refractivity contribution is -0.204. The van der Waals surface area contributed by atoms with Crippen molar-refractivity contribution in [2.45, 2.75) is 35.8 Å². The Bertz CT molecular complexity index is 1340. The van der Waals surface area contributed by atoms with Crippen molar-refractivity contribution in [2.24, 2.45) is 0 Å². The molecule has 1 N–H and O–H groups in total. The third-order valence-corrected chi connectivity index (χ3v) is 7.86. The Hall–Kier alpha value is -3.46. The highest BCUT2D eigenvalue weighted by Crippen LogP contribution is 2.46. The summed E-state index contributed by atoms with van der Waals surface area (Å²) >= 11 is 1.49. The van der Waals surface area contributed by atoms with Crippen molar-refractivity contribution >= 4 is 17.7 Å². The molecule has 7 nitrogen and oxygen atoms in total. The number of fused-ring (bicyclic) bond motifs is 3. The number of halogens is 3. The molecule has 1 saturated heterocycles. The molecule has 1 amide bonds. The van der Waals surface area contributed by atoms with Crippen LogP contribution in [0.3, 0.4) is 0 Å². The topological polar surface area (TPSA) is 80.0 Å². The second kappa shape index (κ2) is 9.78. The van der Waals surface area contributed by atoms with E-state index in [0.717, 1.165) is 28.5 Å². The lowest BCUT2D eigenvalue weighted by Crippen LogP contribution is -2.62. The van der Waals surface area contributed by atoms with Crippen molar-refractivity contribution in [1.82, 2.24) is 14.9 Å². The average molecular weight is 529 g/mol. The molecule has 3 aliphatic rings. The number of nitriles is 1. The number of aliphatic hydroxyl groups is 1. The monoisotopic (exact) mass is 528 g/mol. The number of amides is 1. The number of hydrazine groups is 1. The fraction of sp³-hybridized carbons (Fsp3) is 0.308. The van der Waals surface area contributed by atoms with E-state index >= 15 is 0 Å². The summed E-state index contributed by atoms with van der Waals surface area (Å²) in [5.74, 6) is -0.845. The summed E-state index contributed by atoms with van der Waals surface area (Å²) in [5, 5.41) is 23.7. The zero-order valence-corrected chi connectivity index (χ0v) is 20.6. The Morgan fingerprint density at radius 2 is 1.95 bits per heavy atom. The summed E-state index contributed by atoms with van der Waals surface area (Å²) < 4.78 is 47.0. The van der Waals surface area contributed by atoms with Crippen molar-refractivity contribution < 1.29 is 27.8 Å². The van der Waals surface area contributed by atoms with Crippen LogP contribution >= 0.6 is 11.8 Å². The van der Waals surface area contributed by atoms with Crippen molar-refractivity contribution in [3.05, 3.63) is 88.5 Å². The van der Waals surface area contributed by atoms with Gasteiger partial charge in [-0.15, -0.1) is 11.8 Å². The number of carbonyl (C=O) groups excluding carboxylic acids is 1. The Balaban J connectivity index is 1.76. The van der Waals surface area contributed by atoms with Crippen LogP contribution in [0.25, 0.3) is 0 Å². The van der Waals surface area contributed by atoms with E-state index in [1.54, 1.807) is 23.2 Å². The number of benzene rings is 2. The predicted molar refractivity (Wildman–Crippen MR) is 130 cm³/mol. The van der Waals surface area contributed by atoms with E-state index in [0.29, 0.717) is 16.2 Å². The molecule has 5 rings (SSSR count). The van der Waals surface area contributed by atoms with Gasteiger partial charge in [0.25, 0.3) is 5.91 Å². The van der Waals surface area contributed by atoms with Gasteiger partial charge in [0.1, 0.15) is 24.5 Å². The molecule has 0 radical (unpaired) electrons. The standard InChI is InChI=1S/C26H23F3N4O3S/c1-16(26(27,28)29)31-15-33(32-10-5-11-36-13-21(34)23(32)25(31)35)22-19-8-3-2-6-18(19)14-37-24-17(12-30)7-4-9-20(22)24/h2-10,16,22,34H,11,13-15H2,1H3/b10-5-,23-21+/t16-,22+/m1/s1. The first-order valence-electron chi connectivity index (χ1n) is 11.6. The number of nitrogens with zero attached hydrogens (tertiary/aromatic N) is 4. The molecule has 3 heterocycles. The third kappa shape index (κ3) is 4.45. The van der Waals surface area contributed by atoms with Crippen LogP contribution in [-0.4, -0.2) is 58.0 Å². The van der Waals surface area contributed by atoms with Crippen LogP contribution < -0.4 is 0 Å². The number of thioether (sulfide) groups is 1. The van der Waals surface area contributed by atoms with Gasteiger partial charge in [-0.3, -0.25) is 9.80 Å². The minimum absolute atomic E-state index is 0.144. The van der Waals surface area contributed by atoms with E-state index in [4.69, 9.17) is 4.74 Å². The van der Waals surface area contributed by atoms with Gasteiger partial charge in [-0.1, -0.05) is 36.4 Å². The van der Waals surface area contributed by atoms with E-state index < -0.39 is 36.6 Å². The molecule has 11 heteroatoms. The SMILES string of the molecule is C[C@@H](N1CN([C@H]2c3ccccc3CSc3c(C#N)cccc32)N2/C=C\COC/C(O)=C\2C1=O)C(F)(F)F. The highest BCUT2D eigenvalue weighted by atomic mass is 32.2. The number of rotatable bonds is 2. The lowest BCUT2D eigenvalue weighted by Gasteiger charge is -2.49. The molecule has 0 aliphatic carbocycles. The smallest absolute Gasteiger partial charge is 0.408 e. The van der Waals surface area contributed by atoms with Gasteiger partial charge >= 0.3 is 6.18 Å². The Labute approximate surface area is 216 Å². The highest BCUT2D eigenvalue weighted by molar-refractivity contribution is 7.98. The zero-order chi connectivity index (χ0) is 26.3. The van der Waals surface area contributed by atoms with Gasteiger partial charge in [-0.25, -0.2) is 0 Å². The number of carbonyl (C=O) groups is 1. The summed E-state index contributed by atoms with van der Waals surface area (Å²) in [4.78, 5) is 14.9. The van der Waals surface area contributed by atoms with Gasteiger partial charge < -0.3 is 14.7 Å². The zero-order valence-electron chi connectivity index (χ0n) is 19.8. The first-order valence-corrected chi connectivity index (χ1v) is 12.5. The van der Waals surface area contributed by atoms with Crippen molar-refractivity contribution in [1.29, 1.82) is 5.26 Å². The predicted octanol–water partition coefficient (Wildman–Crippen LogP) is 4.84. The minimum Gasteiger partial charge on any atom is -0.507 e. The number of hydrogen-bond acceptors (Lipinski definition) is 7. The van der Waals surface area contributed by atoms with Gasteiger partial charge in [0.05, 0.1) is 24.9 Å². The van der Waals surface area contributed by atoms with Crippen molar-refractivity contribution in [3.8, 4) is 6.07 Å². The van der Waals surface area contributed by atoms with Gasteiger partial charge in [0, 0.05) is 16.8 Å². The van der Waals surface area contributed by atoms with Crippen LogP contribution in [0.5, 0.6) is 0 Å². The van der Waals surface area contributed by atoms with Crippen LogP contribution in [-0.2, 0) is 15.3 Å². The first-order chi connectivity index (χ1) is 17.7. The molecule has 3 aliphatic heterocycles. The average Bonchev–Trinajstić information content (AvgIpc) is 3.03. The Morgan fingerprint density at radius 3 is 2.70 bits per heavy atom. The van der Waals surface area contributed by atoms with E-state index in [1.807, 2.05) is 30.3 Å². The number of alkyl halides is 3. The second-order valence-corrected chi connectivity index (χ2v) is 9.82. The number of aliphatic hydroxyl groups excluding tert-OH is 1. The maximum atomic E-state index is 13.9. The second-order valence-electron chi connectivity index (χ2n) is 8.84. The molecule has 0 spiro atoms. The summed E-state index contributed by atoms with van der Waals surface area (Å²) in [7, 11) is 0. The van der Waals surface area contributed by atoms with Gasteiger partial charge in [0.15, 0.2) is 5.70 Å². The quantitative estimate of drug-likeness (QED) is 0.598. The van der Waals surface area contributed by atoms with Gasteiger partial charge in [0.2, 0.25) is 0 Å². The number of ether oxygens (including phenoxy) is 1. The molecular weight excluding hydrogens is 505 g/mol. The summed E-state index contributed by atoms with van der Waals surface area (Å²) in [6.07, 6.45) is -1.51. The lowest BCUT2D eigenvalue weighted by atomic mass is 9.93. The summed E-state index contributed by atoms with van der Waals surface area (Å²) in [6, 6.07) is 12.4. The maximum Gasteiger partial charge on any atom is 0.408 e. The Morgan fingerprint density at radius 1 is 1.19 bits per heavy atom. The molecule has 37 heavy (non-hydrogen) atoms. The molecule has 2 aromatic carbocycles. The largest absolute Gasteiger partial charge is 0.507 e. The van der Waals surface area contributed by atoms with Crippen LogP contribution in [0.2, 0.25) is 0 Å². The van der Waals surface area contributed by atoms with E-state index in [1.165, 1.54) is 23.0 Å². The fourth-order valence-electron chi connectivity index (χ4n) is 4.77. The highest BCUT2D eigenvalue weighted by Gasteiger charge is 2.49. The number of hydrogen-bond donors (Lipinski definition) is 1. The molecule has 2 atom stereocenters. The summed E-state index contributed by atoms with van der Waals surface area (Å²) in [6.45, 7) is 0.347. The van der Waals surface area contributed by atoms with Gasteiger partial charge in [-0.2, -0.15) is 23.4 Å². The van der Waals surface area contributed by atoms with Gasteiger partial charge in [-0.05, 0) is 35.8 Å². The van der Waals surface area contributed by atoms with Crippen molar-refractivity contribution in [3.63, 3.8) is 0 Å². The molecular formula is C26H23F3N4O3S. The van der Waals surface area contributed by atoms with Crippen LogP contribution in [0.15, 0.2) is 71.1 Å². The Kier molecular flexibility index (Phi) is 6.66. The molecule has 2 aromatic rings. The molecule has 0 bridgehead atoms. The molecule has 0 unspecified atom stereocenters. The maximum absolute atomic E-state index is 13.9. The first kappa shape index (κ1) is 25.2. The molecule has 1 fully saturated rings. The van der Waals surface area contributed by atoms with E-state index in [-0.39, 0.29) is 18.9 Å². The van der Waals surface area contributed by atoms with E-state index in [2.05, 4.69) is 6.07 Å². The van der Waals surface area contributed by atoms with Crippen LogP contribution in [0.1, 0.15) is 35.2 Å². The third-order valence-electron chi connectivity index (χ3n) is 6.66. The van der Waals surface area contributed by atoms with Crippen LogP contribution in [0.4, 0.5) is 13.2 Å². The molecule has 0 aromatic heterocycles. The van der Waals surface area contributed by atoms with Crippen molar-refractivity contribution in [2.75, 3.05) is 19.9 Å². The van der Waals surface area contributed by atoms with Crippen LogP contribution in [0, 0.1) is 11.3 Å². The van der Waals surface area contributed by atoms with E-state index in [9.17, 15) is 28.3 Å². The normalized spacial score (nSPS) is 24.1. The molecule has 0 saturated carbocycles. The molecule has 192 valence electrons. The summed E-state index contributed by atoms with van der Waals surface area (Å²) in [5.41, 5.74) is 2.69. The fourth-order valence-corrected chi connectivity index (χ4v) is 5.95. The minimum atomic E-state index is -4.68.